The standard InChI is InChI=1S/C18H24N4O2.2ClH/c23-13-18-7-4-9-19-15(18)11-22(10-8-18)12-16-20-17(24-21-16)14-5-2-1-3-6-14;;/h1-3,5-6,15,19,23H,4,7-13H2;2*1H/t15-,18-;;/m1../s1. The van der Waals surface area contributed by atoms with Crippen molar-refractivity contribution in [1.29, 1.82) is 0 Å². The highest BCUT2D eigenvalue weighted by molar-refractivity contribution is 5.85. The van der Waals surface area contributed by atoms with Gasteiger partial charge in [-0.1, -0.05) is 23.4 Å². The monoisotopic (exact) mass is 400 g/mol. The van der Waals surface area contributed by atoms with Gasteiger partial charge in [-0.05, 0) is 44.5 Å². The quantitative estimate of drug-likeness (QED) is 0.820. The van der Waals surface area contributed by atoms with Crippen molar-refractivity contribution in [2.24, 2.45) is 5.41 Å². The highest BCUT2D eigenvalue weighted by atomic mass is 35.5. The molecule has 3 heterocycles. The fourth-order valence-electron chi connectivity index (χ4n) is 4.02. The first-order chi connectivity index (χ1) is 11.8. The first-order valence-electron chi connectivity index (χ1n) is 8.74. The summed E-state index contributed by atoms with van der Waals surface area (Å²) in [7, 11) is 0. The van der Waals surface area contributed by atoms with E-state index in [2.05, 4.69) is 20.4 Å². The average molecular weight is 401 g/mol. The zero-order chi connectivity index (χ0) is 16.4. The Morgan fingerprint density at radius 2 is 2.04 bits per heavy atom. The number of benzene rings is 1. The van der Waals surface area contributed by atoms with E-state index in [-0.39, 0.29) is 36.8 Å². The van der Waals surface area contributed by atoms with E-state index in [1.54, 1.807) is 0 Å². The van der Waals surface area contributed by atoms with Gasteiger partial charge in [0, 0.05) is 23.6 Å². The van der Waals surface area contributed by atoms with Crippen molar-refractivity contribution in [3.63, 3.8) is 0 Å². The van der Waals surface area contributed by atoms with Crippen LogP contribution in [0.4, 0.5) is 0 Å². The largest absolute Gasteiger partial charge is 0.396 e. The molecule has 4 rings (SSSR count). The van der Waals surface area contributed by atoms with Crippen LogP contribution in [0.3, 0.4) is 0 Å². The summed E-state index contributed by atoms with van der Waals surface area (Å²) in [6.07, 6.45) is 3.29. The van der Waals surface area contributed by atoms with Gasteiger partial charge in [-0.25, -0.2) is 0 Å². The smallest absolute Gasteiger partial charge is 0.257 e. The molecule has 8 heteroatoms. The molecule has 2 aromatic rings. The number of aliphatic hydroxyl groups is 1. The molecular weight excluding hydrogens is 375 g/mol. The first kappa shape index (κ1) is 21.1. The molecule has 0 aliphatic carbocycles. The number of hydrogen-bond donors (Lipinski definition) is 2. The van der Waals surface area contributed by atoms with Gasteiger partial charge < -0.3 is 14.9 Å². The lowest BCUT2D eigenvalue weighted by Crippen LogP contribution is -2.61. The Labute approximate surface area is 166 Å². The molecule has 0 amide bonds. The minimum absolute atomic E-state index is 0. The highest BCUT2D eigenvalue weighted by Crippen LogP contribution is 2.38. The van der Waals surface area contributed by atoms with E-state index in [1.165, 1.54) is 0 Å². The van der Waals surface area contributed by atoms with Gasteiger partial charge in [-0.2, -0.15) is 4.98 Å². The third kappa shape index (κ3) is 4.21. The minimum Gasteiger partial charge on any atom is -0.396 e. The number of aromatic nitrogens is 2. The number of aliphatic hydroxyl groups excluding tert-OH is 1. The Hall–Kier alpha value is -1.18. The second-order valence-electron chi connectivity index (χ2n) is 7.00. The Bertz CT molecular complexity index is 685. The molecule has 6 nitrogen and oxygen atoms in total. The molecule has 26 heavy (non-hydrogen) atoms. The Kier molecular flexibility index (Phi) is 7.43. The molecule has 0 radical (unpaired) electrons. The van der Waals surface area contributed by atoms with Crippen molar-refractivity contribution in [2.75, 3.05) is 26.2 Å². The zero-order valence-corrected chi connectivity index (χ0v) is 16.3. The normalized spacial score (nSPS) is 25.7. The maximum atomic E-state index is 9.88. The Balaban J connectivity index is 0.00000121. The van der Waals surface area contributed by atoms with Gasteiger partial charge in [0.05, 0.1) is 13.2 Å². The fraction of sp³-hybridized carbons (Fsp3) is 0.556. The van der Waals surface area contributed by atoms with Crippen molar-refractivity contribution in [3.05, 3.63) is 36.2 Å². The minimum atomic E-state index is 0. The summed E-state index contributed by atoms with van der Waals surface area (Å²) in [5, 5.41) is 17.6. The Morgan fingerprint density at radius 3 is 2.81 bits per heavy atom. The highest BCUT2D eigenvalue weighted by Gasteiger charge is 2.44. The molecule has 0 unspecified atom stereocenters. The van der Waals surface area contributed by atoms with Crippen LogP contribution < -0.4 is 5.32 Å². The average Bonchev–Trinajstić information content (AvgIpc) is 3.11. The van der Waals surface area contributed by atoms with Crippen molar-refractivity contribution in [3.8, 4) is 11.5 Å². The molecule has 144 valence electrons. The Morgan fingerprint density at radius 1 is 1.23 bits per heavy atom. The molecule has 0 saturated carbocycles. The van der Waals surface area contributed by atoms with Crippen LogP contribution in [0.15, 0.2) is 34.9 Å². The van der Waals surface area contributed by atoms with Gasteiger partial charge >= 0.3 is 0 Å². The molecule has 2 fully saturated rings. The summed E-state index contributed by atoms with van der Waals surface area (Å²) in [6, 6.07) is 10.2. The molecule has 2 atom stereocenters. The van der Waals surface area contributed by atoms with Crippen LogP contribution in [-0.4, -0.2) is 52.4 Å². The summed E-state index contributed by atoms with van der Waals surface area (Å²) in [5.74, 6) is 1.30. The predicted octanol–water partition coefficient (Wildman–Crippen LogP) is 2.52. The second kappa shape index (κ2) is 9.15. The molecule has 2 saturated heterocycles. The van der Waals surface area contributed by atoms with Crippen molar-refractivity contribution in [1.82, 2.24) is 20.4 Å². The van der Waals surface area contributed by atoms with Crippen LogP contribution >= 0.6 is 24.8 Å². The summed E-state index contributed by atoms with van der Waals surface area (Å²) in [4.78, 5) is 6.88. The van der Waals surface area contributed by atoms with Gasteiger partial charge in [0.2, 0.25) is 0 Å². The number of nitrogens with zero attached hydrogens (tertiary/aromatic N) is 3. The lowest BCUT2D eigenvalue weighted by molar-refractivity contribution is -0.0158. The number of fused-ring (bicyclic) bond motifs is 1. The molecule has 0 bridgehead atoms. The number of likely N-dealkylation sites (tertiary alicyclic amines) is 1. The van der Waals surface area contributed by atoms with E-state index < -0.39 is 0 Å². The summed E-state index contributed by atoms with van der Waals surface area (Å²) in [5.41, 5.74) is 1.00. The lowest BCUT2D eigenvalue weighted by Gasteiger charge is -2.50. The molecule has 2 aliphatic heterocycles. The zero-order valence-electron chi connectivity index (χ0n) is 14.6. The second-order valence-corrected chi connectivity index (χ2v) is 7.00. The number of hydrogen-bond acceptors (Lipinski definition) is 6. The summed E-state index contributed by atoms with van der Waals surface area (Å²) < 4.78 is 5.40. The maximum Gasteiger partial charge on any atom is 0.257 e. The van der Waals surface area contributed by atoms with Gasteiger partial charge in [-0.3, -0.25) is 4.90 Å². The molecule has 2 N–H and O–H groups in total. The SMILES string of the molecule is Cl.Cl.OC[C@]12CCCN[C@@H]1CN(Cc1noc(-c3ccccc3)n1)CC2. The van der Waals surface area contributed by atoms with Crippen LogP contribution in [0, 0.1) is 5.41 Å². The number of rotatable bonds is 4. The van der Waals surface area contributed by atoms with Crippen LogP contribution in [0.1, 0.15) is 25.1 Å². The number of nitrogens with one attached hydrogen (secondary N) is 1. The van der Waals surface area contributed by atoms with E-state index in [0.717, 1.165) is 50.3 Å². The molecule has 1 aromatic heterocycles. The third-order valence-electron chi connectivity index (χ3n) is 5.52. The van der Waals surface area contributed by atoms with E-state index in [1.807, 2.05) is 30.3 Å². The molecule has 0 spiro atoms. The van der Waals surface area contributed by atoms with Gasteiger partial charge in [0.15, 0.2) is 5.82 Å². The van der Waals surface area contributed by atoms with Crippen LogP contribution in [0.5, 0.6) is 0 Å². The number of halogens is 2. The van der Waals surface area contributed by atoms with Gasteiger partial charge in [-0.15, -0.1) is 24.8 Å². The van der Waals surface area contributed by atoms with Crippen molar-refractivity contribution in [2.45, 2.75) is 31.8 Å². The maximum absolute atomic E-state index is 9.88. The van der Waals surface area contributed by atoms with Crippen LogP contribution in [0.25, 0.3) is 11.5 Å². The van der Waals surface area contributed by atoms with Crippen LogP contribution in [-0.2, 0) is 6.54 Å². The first-order valence-corrected chi connectivity index (χ1v) is 8.74. The molecular formula is C18H26Cl2N4O2. The summed E-state index contributed by atoms with van der Waals surface area (Å²) >= 11 is 0. The fourth-order valence-corrected chi connectivity index (χ4v) is 4.02. The van der Waals surface area contributed by atoms with Crippen LogP contribution in [0.2, 0.25) is 0 Å². The molecule has 2 aliphatic rings. The van der Waals surface area contributed by atoms with Gasteiger partial charge in [0.1, 0.15) is 0 Å². The van der Waals surface area contributed by atoms with E-state index in [9.17, 15) is 5.11 Å². The van der Waals surface area contributed by atoms with Gasteiger partial charge in [0.25, 0.3) is 5.89 Å². The predicted molar refractivity (Wildman–Crippen MR) is 105 cm³/mol. The summed E-state index contributed by atoms with van der Waals surface area (Å²) in [6.45, 7) is 3.90. The van der Waals surface area contributed by atoms with E-state index in [0.29, 0.717) is 18.5 Å². The topological polar surface area (TPSA) is 74.4 Å². The number of piperidine rings is 2. The van der Waals surface area contributed by atoms with E-state index in [4.69, 9.17) is 4.52 Å². The van der Waals surface area contributed by atoms with Crippen molar-refractivity contribution >= 4 is 24.8 Å². The lowest BCUT2D eigenvalue weighted by atomic mass is 9.70. The van der Waals surface area contributed by atoms with Crippen molar-refractivity contribution < 1.29 is 9.63 Å². The molecule has 1 aromatic carbocycles. The van der Waals surface area contributed by atoms with E-state index >= 15 is 0 Å². The third-order valence-corrected chi connectivity index (χ3v) is 5.52.